The van der Waals surface area contributed by atoms with E-state index in [0.717, 1.165) is 19.1 Å². The summed E-state index contributed by atoms with van der Waals surface area (Å²) in [6, 6.07) is 8.49. The summed E-state index contributed by atoms with van der Waals surface area (Å²) in [6.45, 7) is 1.92. The van der Waals surface area contributed by atoms with Crippen molar-refractivity contribution < 1.29 is 19.1 Å². The van der Waals surface area contributed by atoms with Gasteiger partial charge in [0.25, 0.3) is 0 Å². The molecule has 0 bridgehead atoms. The number of hydrogen-bond acceptors (Lipinski definition) is 5. The molecule has 3 rings (SSSR count). The highest BCUT2D eigenvalue weighted by molar-refractivity contribution is 14.1. The van der Waals surface area contributed by atoms with Gasteiger partial charge in [-0.05, 0) is 93.6 Å². The first-order valence-corrected chi connectivity index (χ1v) is 11.4. The highest BCUT2D eigenvalue weighted by Crippen LogP contribution is 2.31. The normalized spacial score (nSPS) is 14.7. The largest absolute Gasteiger partial charge is 0.424 e. The van der Waals surface area contributed by atoms with E-state index in [4.69, 9.17) is 32.7 Å². The topological polar surface area (TPSA) is 65.0 Å². The fraction of sp³-hybridized carbons (Fsp3) is 0.150. The molecular formula is C20H13Cl2I2NO4. The summed E-state index contributed by atoms with van der Waals surface area (Å²) in [6.07, 6.45) is 2.70. The molecule has 0 atom stereocenters. The SMILES string of the molecule is CCCC(=O)Oc1c(I)cc(/C=C2\N=C(c3ccc(Cl)c(Cl)c3)OC2=O)cc1I. The van der Waals surface area contributed by atoms with Crippen LogP contribution in [-0.2, 0) is 14.3 Å². The third kappa shape index (κ3) is 5.50. The van der Waals surface area contributed by atoms with Gasteiger partial charge >= 0.3 is 11.9 Å². The third-order valence-electron chi connectivity index (χ3n) is 3.78. The van der Waals surface area contributed by atoms with E-state index in [9.17, 15) is 9.59 Å². The number of halogens is 4. The second-order valence-electron chi connectivity index (χ2n) is 6.00. The van der Waals surface area contributed by atoms with Gasteiger partial charge < -0.3 is 9.47 Å². The summed E-state index contributed by atoms with van der Waals surface area (Å²) in [4.78, 5) is 28.3. The maximum absolute atomic E-state index is 12.2. The van der Waals surface area contributed by atoms with Crippen LogP contribution in [-0.4, -0.2) is 17.8 Å². The monoisotopic (exact) mass is 655 g/mol. The van der Waals surface area contributed by atoms with Crippen LogP contribution in [0.3, 0.4) is 0 Å². The fourth-order valence-corrected chi connectivity index (χ4v) is 4.78. The summed E-state index contributed by atoms with van der Waals surface area (Å²) in [7, 11) is 0. The van der Waals surface area contributed by atoms with E-state index in [0.29, 0.717) is 27.8 Å². The summed E-state index contributed by atoms with van der Waals surface area (Å²) >= 11 is 16.1. The van der Waals surface area contributed by atoms with Gasteiger partial charge in [-0.3, -0.25) is 4.79 Å². The van der Waals surface area contributed by atoms with Crippen molar-refractivity contribution in [1.82, 2.24) is 0 Å². The highest BCUT2D eigenvalue weighted by Gasteiger charge is 2.25. The molecule has 0 fully saturated rings. The maximum Gasteiger partial charge on any atom is 0.363 e. The fourth-order valence-electron chi connectivity index (χ4n) is 2.45. The van der Waals surface area contributed by atoms with Gasteiger partial charge in [0.05, 0.1) is 17.2 Å². The van der Waals surface area contributed by atoms with Gasteiger partial charge in [-0.1, -0.05) is 30.1 Å². The lowest BCUT2D eigenvalue weighted by atomic mass is 10.2. The molecule has 0 radical (unpaired) electrons. The second-order valence-corrected chi connectivity index (χ2v) is 9.14. The summed E-state index contributed by atoms with van der Waals surface area (Å²) in [5, 5.41) is 0.748. The molecule has 29 heavy (non-hydrogen) atoms. The van der Waals surface area contributed by atoms with Gasteiger partial charge in [0.2, 0.25) is 5.90 Å². The Balaban J connectivity index is 1.89. The first-order chi connectivity index (χ1) is 13.8. The zero-order valence-electron chi connectivity index (χ0n) is 15.0. The van der Waals surface area contributed by atoms with Crippen LogP contribution in [0.2, 0.25) is 10.0 Å². The van der Waals surface area contributed by atoms with Crippen molar-refractivity contribution in [2.24, 2.45) is 4.99 Å². The van der Waals surface area contributed by atoms with E-state index < -0.39 is 5.97 Å². The molecule has 0 amide bonds. The van der Waals surface area contributed by atoms with E-state index in [-0.39, 0.29) is 17.6 Å². The quantitative estimate of drug-likeness (QED) is 0.165. The predicted molar refractivity (Wildman–Crippen MR) is 129 cm³/mol. The molecule has 1 aliphatic heterocycles. The zero-order chi connectivity index (χ0) is 21.1. The van der Waals surface area contributed by atoms with Crippen molar-refractivity contribution in [2.75, 3.05) is 0 Å². The first kappa shape index (κ1) is 22.5. The van der Waals surface area contributed by atoms with E-state index in [2.05, 4.69) is 50.2 Å². The van der Waals surface area contributed by atoms with E-state index in [1.165, 1.54) is 0 Å². The lowest BCUT2D eigenvalue weighted by Crippen LogP contribution is -2.09. The van der Waals surface area contributed by atoms with Gasteiger partial charge in [-0.15, -0.1) is 0 Å². The Hall–Kier alpha value is -1.17. The Bertz CT molecular complexity index is 1040. The molecule has 9 heteroatoms. The van der Waals surface area contributed by atoms with Gasteiger partial charge in [-0.25, -0.2) is 9.79 Å². The lowest BCUT2D eigenvalue weighted by molar-refractivity contribution is -0.134. The first-order valence-electron chi connectivity index (χ1n) is 8.46. The molecule has 2 aromatic rings. The number of aliphatic imine (C=N–C) groups is 1. The van der Waals surface area contributed by atoms with E-state index in [1.54, 1.807) is 24.3 Å². The van der Waals surface area contributed by atoms with Gasteiger partial charge in [-0.2, -0.15) is 0 Å². The predicted octanol–water partition coefficient (Wildman–Crippen LogP) is 6.25. The van der Waals surface area contributed by atoms with Gasteiger partial charge in [0.15, 0.2) is 11.4 Å². The Morgan fingerprint density at radius 1 is 1.17 bits per heavy atom. The van der Waals surface area contributed by atoms with Crippen LogP contribution in [0, 0.1) is 7.14 Å². The van der Waals surface area contributed by atoms with Crippen molar-refractivity contribution >= 4 is 92.3 Å². The van der Waals surface area contributed by atoms with Crippen LogP contribution in [0.4, 0.5) is 0 Å². The average Bonchev–Trinajstić information content (AvgIpc) is 3.01. The van der Waals surface area contributed by atoms with Gasteiger partial charge in [0, 0.05) is 12.0 Å². The number of ether oxygens (including phenoxy) is 2. The van der Waals surface area contributed by atoms with E-state index >= 15 is 0 Å². The molecule has 0 saturated carbocycles. The molecule has 150 valence electrons. The number of esters is 2. The van der Waals surface area contributed by atoms with Crippen molar-refractivity contribution in [2.45, 2.75) is 19.8 Å². The smallest absolute Gasteiger partial charge is 0.363 e. The van der Waals surface area contributed by atoms with Crippen LogP contribution in [0.1, 0.15) is 30.9 Å². The number of benzene rings is 2. The Morgan fingerprint density at radius 2 is 1.86 bits per heavy atom. The molecule has 1 heterocycles. The van der Waals surface area contributed by atoms with E-state index in [1.807, 2.05) is 19.1 Å². The molecule has 5 nitrogen and oxygen atoms in total. The van der Waals surface area contributed by atoms with Gasteiger partial charge in [0.1, 0.15) is 0 Å². The van der Waals surface area contributed by atoms with Crippen LogP contribution in [0.25, 0.3) is 6.08 Å². The molecule has 0 spiro atoms. The number of nitrogens with zero attached hydrogens (tertiary/aromatic N) is 1. The minimum atomic E-state index is -0.561. The van der Waals surface area contributed by atoms with Crippen LogP contribution >= 0.6 is 68.4 Å². The molecule has 2 aromatic carbocycles. The highest BCUT2D eigenvalue weighted by atomic mass is 127. The van der Waals surface area contributed by atoms with Crippen molar-refractivity contribution in [3.05, 3.63) is 64.3 Å². The Morgan fingerprint density at radius 3 is 2.48 bits per heavy atom. The minimum absolute atomic E-state index is 0.161. The number of rotatable bonds is 5. The van der Waals surface area contributed by atoms with Crippen molar-refractivity contribution in [1.29, 1.82) is 0 Å². The van der Waals surface area contributed by atoms with Crippen LogP contribution in [0.15, 0.2) is 41.0 Å². The number of cyclic esters (lactones) is 1. The van der Waals surface area contributed by atoms with Crippen molar-refractivity contribution in [3.8, 4) is 5.75 Å². The lowest BCUT2D eigenvalue weighted by Gasteiger charge is -2.09. The number of hydrogen-bond donors (Lipinski definition) is 0. The Kier molecular flexibility index (Phi) is 7.58. The summed E-state index contributed by atoms with van der Waals surface area (Å²) < 4.78 is 12.2. The number of carbonyl (C=O) groups is 2. The molecular weight excluding hydrogens is 643 g/mol. The summed E-state index contributed by atoms with van der Waals surface area (Å²) in [5.74, 6) is -0.158. The molecule has 1 aliphatic rings. The Labute approximate surface area is 204 Å². The third-order valence-corrected chi connectivity index (χ3v) is 6.12. The standard InChI is InChI=1S/C20H13Cl2I2NO4/c1-2-3-17(26)28-18-14(23)6-10(7-15(18)24)8-16-20(27)29-19(25-16)11-4-5-12(21)13(22)9-11/h4-9H,2-3H2,1H3/b16-8-. The molecule has 0 aliphatic carbocycles. The summed E-state index contributed by atoms with van der Waals surface area (Å²) in [5.41, 5.74) is 1.45. The molecule has 0 aromatic heterocycles. The molecule has 0 N–H and O–H groups in total. The molecule has 0 saturated heterocycles. The average molecular weight is 656 g/mol. The second kappa shape index (κ2) is 9.76. The number of carbonyl (C=O) groups excluding carboxylic acids is 2. The van der Waals surface area contributed by atoms with Crippen molar-refractivity contribution in [3.63, 3.8) is 0 Å². The minimum Gasteiger partial charge on any atom is -0.424 e. The van der Waals surface area contributed by atoms with Crippen LogP contribution < -0.4 is 4.74 Å². The maximum atomic E-state index is 12.2. The van der Waals surface area contributed by atoms with Crippen LogP contribution in [0.5, 0.6) is 5.75 Å². The zero-order valence-corrected chi connectivity index (χ0v) is 20.8. The molecule has 0 unspecified atom stereocenters.